The SMILES string of the molecule is C1CCC1.CC1(C)OB(c2ccc(O)cc2)OC1(C)C. The molecule has 0 amide bonds. The molecule has 0 atom stereocenters. The summed E-state index contributed by atoms with van der Waals surface area (Å²) in [6, 6.07) is 6.91. The molecular weight excluding hydrogens is 251 g/mol. The molecule has 1 N–H and O–H groups in total. The van der Waals surface area contributed by atoms with Crippen molar-refractivity contribution in [3.63, 3.8) is 0 Å². The second-order valence-corrected chi connectivity index (χ2v) is 6.59. The van der Waals surface area contributed by atoms with E-state index in [0.29, 0.717) is 0 Å². The molecule has 2 aliphatic rings. The maximum atomic E-state index is 9.22. The maximum absolute atomic E-state index is 9.22. The van der Waals surface area contributed by atoms with Gasteiger partial charge in [-0.25, -0.2) is 0 Å². The highest BCUT2D eigenvalue weighted by Crippen LogP contribution is 2.36. The summed E-state index contributed by atoms with van der Waals surface area (Å²) in [7, 11) is -0.356. The second-order valence-electron chi connectivity index (χ2n) is 6.59. The van der Waals surface area contributed by atoms with Crippen LogP contribution in [0.3, 0.4) is 0 Å². The van der Waals surface area contributed by atoms with E-state index in [0.717, 1.165) is 5.46 Å². The molecule has 1 aliphatic heterocycles. The fraction of sp³-hybridized carbons (Fsp3) is 0.625. The lowest BCUT2D eigenvalue weighted by Gasteiger charge is -2.32. The van der Waals surface area contributed by atoms with E-state index >= 15 is 0 Å². The second kappa shape index (κ2) is 5.78. The van der Waals surface area contributed by atoms with E-state index in [1.165, 1.54) is 25.7 Å². The van der Waals surface area contributed by atoms with E-state index in [1.807, 2.05) is 39.8 Å². The van der Waals surface area contributed by atoms with E-state index in [4.69, 9.17) is 9.31 Å². The average Bonchev–Trinajstić information content (AvgIpc) is 2.46. The summed E-state index contributed by atoms with van der Waals surface area (Å²) in [6.07, 6.45) is 6.00. The Labute approximate surface area is 122 Å². The highest BCUT2D eigenvalue weighted by atomic mass is 16.7. The molecule has 0 spiro atoms. The zero-order chi connectivity index (χ0) is 14.8. The summed E-state index contributed by atoms with van der Waals surface area (Å²) in [5.74, 6) is 0.250. The normalized spacial score (nSPS) is 22.7. The molecule has 1 heterocycles. The van der Waals surface area contributed by atoms with Gasteiger partial charge in [0.05, 0.1) is 11.2 Å². The average molecular weight is 276 g/mol. The molecular formula is C16H25BO3. The zero-order valence-electron chi connectivity index (χ0n) is 13.0. The highest BCUT2D eigenvalue weighted by Gasteiger charge is 2.51. The van der Waals surface area contributed by atoms with Crippen LogP contribution in [0.5, 0.6) is 5.75 Å². The first-order valence-electron chi connectivity index (χ1n) is 7.46. The number of aromatic hydroxyl groups is 1. The molecule has 0 bridgehead atoms. The smallest absolute Gasteiger partial charge is 0.494 e. The van der Waals surface area contributed by atoms with Crippen LogP contribution in [-0.2, 0) is 9.31 Å². The van der Waals surface area contributed by atoms with Gasteiger partial charge in [-0.1, -0.05) is 37.8 Å². The minimum absolute atomic E-state index is 0.250. The summed E-state index contributed by atoms with van der Waals surface area (Å²) in [5.41, 5.74) is 0.280. The van der Waals surface area contributed by atoms with Gasteiger partial charge in [0.1, 0.15) is 5.75 Å². The van der Waals surface area contributed by atoms with Crippen molar-refractivity contribution < 1.29 is 14.4 Å². The Balaban J connectivity index is 0.000000315. The third-order valence-electron chi connectivity index (χ3n) is 4.42. The van der Waals surface area contributed by atoms with Gasteiger partial charge < -0.3 is 14.4 Å². The van der Waals surface area contributed by atoms with Gasteiger partial charge >= 0.3 is 7.12 Å². The quantitative estimate of drug-likeness (QED) is 0.800. The topological polar surface area (TPSA) is 38.7 Å². The molecule has 0 unspecified atom stereocenters. The molecule has 1 aliphatic carbocycles. The van der Waals surface area contributed by atoms with Gasteiger partial charge in [0, 0.05) is 0 Å². The lowest BCUT2D eigenvalue weighted by molar-refractivity contribution is 0.00578. The van der Waals surface area contributed by atoms with Gasteiger partial charge in [-0.2, -0.15) is 0 Å². The number of hydrogen-bond acceptors (Lipinski definition) is 3. The molecule has 0 radical (unpaired) electrons. The van der Waals surface area contributed by atoms with Gasteiger partial charge in [-0.15, -0.1) is 0 Å². The number of benzene rings is 1. The predicted octanol–water partition coefficient (Wildman–Crippen LogP) is 3.25. The van der Waals surface area contributed by atoms with Gasteiger partial charge in [0.25, 0.3) is 0 Å². The standard InChI is InChI=1S/C12H17BO3.C4H8/c1-11(2)12(3,4)16-13(15-11)9-5-7-10(14)8-6-9;1-2-4-3-1/h5-8,14H,1-4H3;1-4H2. The summed E-state index contributed by atoms with van der Waals surface area (Å²) in [4.78, 5) is 0. The Morgan fingerprint density at radius 1 is 0.850 bits per heavy atom. The number of phenols is 1. The Kier molecular flexibility index (Phi) is 4.45. The molecule has 3 nitrogen and oxygen atoms in total. The van der Waals surface area contributed by atoms with Crippen LogP contribution in [0.25, 0.3) is 0 Å². The maximum Gasteiger partial charge on any atom is 0.494 e. The van der Waals surface area contributed by atoms with Crippen molar-refractivity contribution in [2.45, 2.75) is 64.6 Å². The Bertz CT molecular complexity index is 416. The lowest BCUT2D eigenvalue weighted by Crippen LogP contribution is -2.41. The number of phenolic OH excluding ortho intramolecular Hbond substituents is 1. The van der Waals surface area contributed by atoms with Crippen LogP contribution in [0.2, 0.25) is 0 Å². The zero-order valence-corrected chi connectivity index (χ0v) is 13.0. The van der Waals surface area contributed by atoms with Crippen molar-refractivity contribution in [2.75, 3.05) is 0 Å². The number of rotatable bonds is 1. The molecule has 4 heteroatoms. The van der Waals surface area contributed by atoms with Crippen molar-refractivity contribution >= 4 is 12.6 Å². The van der Waals surface area contributed by atoms with Crippen LogP contribution < -0.4 is 5.46 Å². The minimum Gasteiger partial charge on any atom is -0.508 e. The van der Waals surface area contributed by atoms with E-state index in [1.54, 1.807) is 12.1 Å². The summed E-state index contributed by atoms with van der Waals surface area (Å²) >= 11 is 0. The van der Waals surface area contributed by atoms with E-state index in [-0.39, 0.29) is 24.1 Å². The first-order chi connectivity index (χ1) is 9.32. The molecule has 0 aromatic heterocycles. The van der Waals surface area contributed by atoms with E-state index < -0.39 is 0 Å². The van der Waals surface area contributed by atoms with Crippen molar-refractivity contribution in [3.05, 3.63) is 24.3 Å². The summed E-state index contributed by atoms with van der Waals surface area (Å²) in [5, 5.41) is 9.22. The van der Waals surface area contributed by atoms with Crippen molar-refractivity contribution in [2.24, 2.45) is 0 Å². The third-order valence-corrected chi connectivity index (χ3v) is 4.42. The first-order valence-corrected chi connectivity index (χ1v) is 7.46. The van der Waals surface area contributed by atoms with Crippen LogP contribution in [0.15, 0.2) is 24.3 Å². The largest absolute Gasteiger partial charge is 0.508 e. The van der Waals surface area contributed by atoms with Gasteiger partial charge in [0.15, 0.2) is 0 Å². The van der Waals surface area contributed by atoms with Crippen LogP contribution >= 0.6 is 0 Å². The summed E-state index contributed by atoms with van der Waals surface area (Å²) in [6.45, 7) is 8.08. The molecule has 1 aromatic rings. The molecule has 1 saturated carbocycles. The highest BCUT2D eigenvalue weighted by molar-refractivity contribution is 6.62. The molecule has 110 valence electrons. The Morgan fingerprint density at radius 2 is 1.25 bits per heavy atom. The molecule has 1 aromatic carbocycles. The predicted molar refractivity (Wildman–Crippen MR) is 82.3 cm³/mol. The first kappa shape index (κ1) is 15.4. The van der Waals surface area contributed by atoms with E-state index in [9.17, 15) is 5.11 Å². The molecule has 20 heavy (non-hydrogen) atoms. The third kappa shape index (κ3) is 3.36. The minimum atomic E-state index is -0.356. The van der Waals surface area contributed by atoms with E-state index in [2.05, 4.69) is 0 Å². The van der Waals surface area contributed by atoms with Crippen LogP contribution in [0, 0.1) is 0 Å². The fourth-order valence-electron chi connectivity index (χ4n) is 1.86. The van der Waals surface area contributed by atoms with Gasteiger partial charge in [0.2, 0.25) is 0 Å². The lowest BCUT2D eigenvalue weighted by atomic mass is 9.79. The molecule has 2 fully saturated rings. The van der Waals surface area contributed by atoms with Gasteiger partial charge in [-0.05, 0) is 45.3 Å². The fourth-order valence-corrected chi connectivity index (χ4v) is 1.86. The molecule has 3 rings (SSSR count). The van der Waals surface area contributed by atoms with Crippen molar-refractivity contribution in [3.8, 4) is 5.75 Å². The Hall–Kier alpha value is -0.995. The molecule has 1 saturated heterocycles. The summed E-state index contributed by atoms with van der Waals surface area (Å²) < 4.78 is 11.8. The van der Waals surface area contributed by atoms with Crippen LogP contribution in [0.1, 0.15) is 53.4 Å². The van der Waals surface area contributed by atoms with Crippen molar-refractivity contribution in [1.82, 2.24) is 0 Å². The Morgan fingerprint density at radius 3 is 1.60 bits per heavy atom. The van der Waals surface area contributed by atoms with Crippen LogP contribution in [-0.4, -0.2) is 23.4 Å². The van der Waals surface area contributed by atoms with Gasteiger partial charge in [-0.3, -0.25) is 0 Å². The van der Waals surface area contributed by atoms with Crippen LogP contribution in [0.4, 0.5) is 0 Å². The number of hydrogen-bond donors (Lipinski definition) is 1. The van der Waals surface area contributed by atoms with Crippen molar-refractivity contribution in [1.29, 1.82) is 0 Å². The monoisotopic (exact) mass is 276 g/mol.